The van der Waals surface area contributed by atoms with E-state index in [1.54, 1.807) is 10.8 Å². The van der Waals surface area contributed by atoms with Crippen LogP contribution < -0.4 is 5.73 Å². The SMILES string of the molecule is Cc1cccc(C(=O)n2ccc(CCN)c2)c1. The standard InChI is InChI=1S/C14H16N2O/c1-11-3-2-4-13(9-11)14(17)16-8-6-12(10-16)5-7-15/h2-4,6,8-10H,5,7,15H2,1H3. The zero-order valence-corrected chi connectivity index (χ0v) is 9.89. The van der Waals surface area contributed by atoms with Crippen LogP contribution in [0.15, 0.2) is 42.7 Å². The first kappa shape index (κ1) is 11.6. The van der Waals surface area contributed by atoms with Gasteiger partial charge in [0.25, 0.3) is 5.91 Å². The van der Waals surface area contributed by atoms with Crippen LogP contribution in [-0.4, -0.2) is 17.0 Å². The molecule has 0 spiro atoms. The van der Waals surface area contributed by atoms with Gasteiger partial charge in [-0.25, -0.2) is 0 Å². The first-order valence-corrected chi connectivity index (χ1v) is 5.69. The summed E-state index contributed by atoms with van der Waals surface area (Å²) in [5.41, 5.74) is 8.37. The van der Waals surface area contributed by atoms with Crippen molar-refractivity contribution in [1.29, 1.82) is 0 Å². The number of carbonyl (C=O) groups excluding carboxylic acids is 1. The molecule has 1 aromatic heterocycles. The van der Waals surface area contributed by atoms with Crippen molar-refractivity contribution in [3.8, 4) is 0 Å². The lowest BCUT2D eigenvalue weighted by molar-refractivity contribution is 0.0960. The van der Waals surface area contributed by atoms with E-state index in [0.29, 0.717) is 12.1 Å². The van der Waals surface area contributed by atoms with Crippen molar-refractivity contribution >= 4 is 5.91 Å². The van der Waals surface area contributed by atoms with E-state index in [1.165, 1.54) is 0 Å². The molecule has 0 saturated heterocycles. The third-order valence-electron chi connectivity index (χ3n) is 2.69. The monoisotopic (exact) mass is 228 g/mol. The lowest BCUT2D eigenvalue weighted by Gasteiger charge is -2.02. The molecule has 0 saturated carbocycles. The number of hydrogen-bond acceptors (Lipinski definition) is 2. The van der Waals surface area contributed by atoms with Crippen molar-refractivity contribution in [3.05, 3.63) is 59.4 Å². The molecule has 3 nitrogen and oxygen atoms in total. The molecule has 0 aliphatic carbocycles. The number of aromatic nitrogens is 1. The maximum absolute atomic E-state index is 12.1. The van der Waals surface area contributed by atoms with Gasteiger partial charge in [0, 0.05) is 18.0 Å². The number of hydrogen-bond donors (Lipinski definition) is 1. The highest BCUT2D eigenvalue weighted by atomic mass is 16.2. The van der Waals surface area contributed by atoms with Crippen molar-refractivity contribution in [1.82, 2.24) is 4.57 Å². The van der Waals surface area contributed by atoms with E-state index < -0.39 is 0 Å². The van der Waals surface area contributed by atoms with E-state index in [2.05, 4.69) is 0 Å². The Balaban J connectivity index is 2.24. The van der Waals surface area contributed by atoms with Crippen LogP contribution in [0, 0.1) is 6.92 Å². The average Bonchev–Trinajstić information content (AvgIpc) is 2.77. The molecule has 3 heteroatoms. The van der Waals surface area contributed by atoms with Crippen molar-refractivity contribution < 1.29 is 4.79 Å². The predicted octanol–water partition coefficient (Wildman–Crippen LogP) is 1.99. The molecule has 1 aromatic carbocycles. The van der Waals surface area contributed by atoms with Crippen molar-refractivity contribution in [2.24, 2.45) is 5.73 Å². The molecule has 0 aliphatic heterocycles. The maximum atomic E-state index is 12.1. The van der Waals surface area contributed by atoms with Gasteiger partial charge in [0.1, 0.15) is 0 Å². The molecular weight excluding hydrogens is 212 g/mol. The maximum Gasteiger partial charge on any atom is 0.261 e. The molecule has 1 heterocycles. The molecule has 2 aromatic rings. The van der Waals surface area contributed by atoms with E-state index in [-0.39, 0.29) is 5.91 Å². The highest BCUT2D eigenvalue weighted by Gasteiger charge is 2.08. The quantitative estimate of drug-likeness (QED) is 0.873. The molecule has 17 heavy (non-hydrogen) atoms. The van der Waals surface area contributed by atoms with Gasteiger partial charge in [-0.05, 0) is 43.7 Å². The van der Waals surface area contributed by atoms with Gasteiger partial charge >= 0.3 is 0 Å². The fourth-order valence-corrected chi connectivity index (χ4v) is 1.81. The summed E-state index contributed by atoms with van der Waals surface area (Å²) in [6.45, 7) is 2.58. The first-order valence-electron chi connectivity index (χ1n) is 5.69. The minimum atomic E-state index is -0.00280. The van der Waals surface area contributed by atoms with Crippen LogP contribution in [0.25, 0.3) is 0 Å². The number of nitrogens with two attached hydrogens (primary N) is 1. The van der Waals surface area contributed by atoms with Crippen molar-refractivity contribution in [2.75, 3.05) is 6.54 Å². The van der Waals surface area contributed by atoms with Gasteiger partial charge in [-0.2, -0.15) is 0 Å². The topological polar surface area (TPSA) is 48.0 Å². The molecule has 0 atom stereocenters. The molecule has 2 rings (SSSR count). The van der Waals surface area contributed by atoms with Gasteiger partial charge in [-0.3, -0.25) is 9.36 Å². The number of nitrogens with zero attached hydrogens (tertiary/aromatic N) is 1. The Labute approximate surface area is 101 Å². The van der Waals surface area contributed by atoms with Gasteiger partial charge in [-0.15, -0.1) is 0 Å². The lowest BCUT2D eigenvalue weighted by atomic mass is 10.1. The minimum absolute atomic E-state index is 0.00280. The fourth-order valence-electron chi connectivity index (χ4n) is 1.81. The molecule has 2 N–H and O–H groups in total. The van der Waals surface area contributed by atoms with Crippen LogP contribution in [0.3, 0.4) is 0 Å². The summed E-state index contributed by atoms with van der Waals surface area (Å²) in [6, 6.07) is 9.53. The first-order chi connectivity index (χ1) is 8.20. The van der Waals surface area contributed by atoms with E-state index in [0.717, 1.165) is 17.5 Å². The summed E-state index contributed by atoms with van der Waals surface area (Å²) in [5.74, 6) is -0.00280. The van der Waals surface area contributed by atoms with Gasteiger partial charge < -0.3 is 5.73 Å². The van der Waals surface area contributed by atoms with Crippen molar-refractivity contribution in [2.45, 2.75) is 13.3 Å². The van der Waals surface area contributed by atoms with E-state index in [1.807, 2.05) is 43.5 Å². The lowest BCUT2D eigenvalue weighted by Crippen LogP contribution is -2.10. The van der Waals surface area contributed by atoms with E-state index >= 15 is 0 Å². The van der Waals surface area contributed by atoms with Crippen LogP contribution in [0.1, 0.15) is 21.5 Å². The van der Waals surface area contributed by atoms with E-state index in [4.69, 9.17) is 5.73 Å². The van der Waals surface area contributed by atoms with Crippen LogP contribution in [-0.2, 0) is 6.42 Å². The Morgan fingerprint density at radius 3 is 2.88 bits per heavy atom. The number of carbonyl (C=O) groups is 1. The average molecular weight is 228 g/mol. The second-order valence-corrected chi connectivity index (χ2v) is 4.14. The summed E-state index contributed by atoms with van der Waals surface area (Å²) in [6.07, 6.45) is 4.43. The van der Waals surface area contributed by atoms with Gasteiger partial charge in [0.15, 0.2) is 0 Å². The fraction of sp³-hybridized carbons (Fsp3) is 0.214. The Hall–Kier alpha value is -1.87. The molecule has 0 fully saturated rings. The molecule has 0 aliphatic rings. The summed E-state index contributed by atoms with van der Waals surface area (Å²) in [4.78, 5) is 12.1. The van der Waals surface area contributed by atoms with Crippen molar-refractivity contribution in [3.63, 3.8) is 0 Å². The number of aryl methyl sites for hydroxylation is 1. The van der Waals surface area contributed by atoms with Gasteiger partial charge in [-0.1, -0.05) is 17.7 Å². The number of benzene rings is 1. The van der Waals surface area contributed by atoms with Crippen LogP contribution in [0.5, 0.6) is 0 Å². The van der Waals surface area contributed by atoms with Crippen LogP contribution in [0.4, 0.5) is 0 Å². The van der Waals surface area contributed by atoms with Gasteiger partial charge in [0.05, 0.1) is 0 Å². The third kappa shape index (κ3) is 2.63. The highest BCUT2D eigenvalue weighted by Crippen LogP contribution is 2.09. The molecule has 0 unspecified atom stereocenters. The third-order valence-corrected chi connectivity index (χ3v) is 2.69. The summed E-state index contributed by atoms with van der Waals surface area (Å²) in [7, 11) is 0. The second-order valence-electron chi connectivity index (χ2n) is 4.14. The summed E-state index contributed by atoms with van der Waals surface area (Å²) < 4.78 is 1.61. The molecule has 88 valence electrons. The zero-order chi connectivity index (χ0) is 12.3. The predicted molar refractivity (Wildman–Crippen MR) is 68.1 cm³/mol. The smallest absolute Gasteiger partial charge is 0.261 e. The number of rotatable bonds is 3. The molecule has 0 amide bonds. The Morgan fingerprint density at radius 2 is 2.18 bits per heavy atom. The van der Waals surface area contributed by atoms with E-state index in [9.17, 15) is 4.79 Å². The molecule has 0 bridgehead atoms. The minimum Gasteiger partial charge on any atom is -0.330 e. The van der Waals surface area contributed by atoms with Crippen LogP contribution >= 0.6 is 0 Å². The largest absolute Gasteiger partial charge is 0.330 e. The van der Waals surface area contributed by atoms with Crippen LogP contribution in [0.2, 0.25) is 0 Å². The molecule has 0 radical (unpaired) electrons. The summed E-state index contributed by atoms with van der Waals surface area (Å²) >= 11 is 0. The zero-order valence-electron chi connectivity index (χ0n) is 9.89. The molecular formula is C14H16N2O. The highest BCUT2D eigenvalue weighted by molar-refractivity contribution is 5.96. The normalized spacial score (nSPS) is 10.5. The Bertz CT molecular complexity index is 529. The Morgan fingerprint density at radius 1 is 1.35 bits per heavy atom. The van der Waals surface area contributed by atoms with Gasteiger partial charge in [0.2, 0.25) is 0 Å². The Kier molecular flexibility index (Phi) is 3.40. The summed E-state index contributed by atoms with van der Waals surface area (Å²) in [5, 5.41) is 0. The second kappa shape index (κ2) is 4.97.